The van der Waals surface area contributed by atoms with Gasteiger partial charge in [-0.2, -0.15) is 4.98 Å². The van der Waals surface area contributed by atoms with Crippen molar-refractivity contribution < 1.29 is 9.26 Å². The average molecular weight is 223 g/mol. The summed E-state index contributed by atoms with van der Waals surface area (Å²) in [4.78, 5) is 4.44. The second-order valence-corrected chi connectivity index (χ2v) is 4.63. The summed E-state index contributed by atoms with van der Waals surface area (Å²) < 4.78 is 10.6. The van der Waals surface area contributed by atoms with Crippen LogP contribution in [0.15, 0.2) is 4.52 Å². The number of morpholine rings is 1. The molecule has 1 unspecified atom stereocenters. The van der Waals surface area contributed by atoms with Gasteiger partial charge in [-0.05, 0) is 18.8 Å². The number of nitrogens with one attached hydrogen (secondary N) is 1. The third kappa shape index (κ3) is 2.10. The molecule has 0 amide bonds. The molecule has 1 atom stereocenters. The topological polar surface area (TPSA) is 60.2 Å². The predicted molar refractivity (Wildman–Crippen MR) is 56.9 cm³/mol. The monoisotopic (exact) mass is 223 g/mol. The van der Waals surface area contributed by atoms with Crippen LogP contribution in [-0.4, -0.2) is 29.9 Å². The third-order valence-corrected chi connectivity index (χ3v) is 3.41. The van der Waals surface area contributed by atoms with E-state index >= 15 is 0 Å². The largest absolute Gasteiger partial charge is 0.378 e. The zero-order valence-electron chi connectivity index (χ0n) is 9.32. The minimum absolute atomic E-state index is 0.104. The van der Waals surface area contributed by atoms with Gasteiger partial charge in [-0.1, -0.05) is 11.6 Å². The average Bonchev–Trinajstić information content (AvgIpc) is 2.73. The summed E-state index contributed by atoms with van der Waals surface area (Å²) in [6.07, 6.45) is 4.91. The molecule has 1 N–H and O–H groups in total. The molecule has 16 heavy (non-hydrogen) atoms. The van der Waals surface area contributed by atoms with Gasteiger partial charge < -0.3 is 14.6 Å². The van der Waals surface area contributed by atoms with Crippen LogP contribution in [0.3, 0.4) is 0 Å². The molecule has 1 aromatic rings. The van der Waals surface area contributed by atoms with Crippen LogP contribution in [0.4, 0.5) is 0 Å². The highest BCUT2D eigenvalue weighted by Crippen LogP contribution is 2.29. The molecule has 1 aliphatic heterocycles. The molecule has 1 saturated heterocycles. The Morgan fingerprint density at radius 1 is 1.38 bits per heavy atom. The third-order valence-electron chi connectivity index (χ3n) is 3.41. The Morgan fingerprint density at radius 2 is 2.31 bits per heavy atom. The van der Waals surface area contributed by atoms with Crippen molar-refractivity contribution in [1.82, 2.24) is 15.5 Å². The summed E-state index contributed by atoms with van der Waals surface area (Å²) in [6, 6.07) is 0.104. The number of hydrogen-bond acceptors (Lipinski definition) is 5. The summed E-state index contributed by atoms with van der Waals surface area (Å²) in [5.74, 6) is 2.30. The first-order valence-electron chi connectivity index (χ1n) is 6.05. The molecular formula is C11H17N3O2. The van der Waals surface area contributed by atoms with Gasteiger partial charge in [-0.15, -0.1) is 0 Å². The van der Waals surface area contributed by atoms with Crippen LogP contribution in [0.1, 0.15) is 37.0 Å². The highest BCUT2D eigenvalue weighted by Gasteiger charge is 2.24. The molecule has 0 radical (unpaired) electrons. The van der Waals surface area contributed by atoms with Crippen LogP contribution in [0.5, 0.6) is 0 Å². The summed E-state index contributed by atoms with van der Waals surface area (Å²) >= 11 is 0. The lowest BCUT2D eigenvalue weighted by molar-refractivity contribution is 0.0734. The standard InChI is InChI=1S/C11H17N3O2/c1-2-8(3-1)6-10-13-11(14-16-10)9-7-15-5-4-12-9/h8-9,12H,1-7H2. The number of rotatable bonds is 3. The van der Waals surface area contributed by atoms with Crippen LogP contribution in [-0.2, 0) is 11.2 Å². The van der Waals surface area contributed by atoms with Crippen molar-refractivity contribution in [3.8, 4) is 0 Å². The number of aromatic nitrogens is 2. The number of nitrogens with zero attached hydrogens (tertiary/aromatic N) is 2. The molecule has 2 heterocycles. The first-order valence-corrected chi connectivity index (χ1v) is 6.05. The van der Waals surface area contributed by atoms with Gasteiger partial charge >= 0.3 is 0 Å². The maximum Gasteiger partial charge on any atom is 0.226 e. The van der Waals surface area contributed by atoms with Gasteiger partial charge in [-0.3, -0.25) is 0 Å². The summed E-state index contributed by atoms with van der Waals surface area (Å²) in [5, 5.41) is 7.34. The van der Waals surface area contributed by atoms with E-state index in [4.69, 9.17) is 9.26 Å². The molecule has 0 spiro atoms. The lowest BCUT2D eigenvalue weighted by Crippen LogP contribution is -2.35. The van der Waals surface area contributed by atoms with Crippen LogP contribution in [0.25, 0.3) is 0 Å². The zero-order valence-corrected chi connectivity index (χ0v) is 9.32. The van der Waals surface area contributed by atoms with E-state index in [0.29, 0.717) is 6.61 Å². The zero-order chi connectivity index (χ0) is 10.8. The van der Waals surface area contributed by atoms with Gasteiger partial charge in [0.15, 0.2) is 5.82 Å². The van der Waals surface area contributed by atoms with E-state index in [-0.39, 0.29) is 6.04 Å². The van der Waals surface area contributed by atoms with Crippen molar-refractivity contribution in [1.29, 1.82) is 0 Å². The maximum atomic E-state index is 5.38. The van der Waals surface area contributed by atoms with Gasteiger partial charge in [0.05, 0.1) is 19.3 Å². The summed E-state index contributed by atoms with van der Waals surface area (Å²) in [6.45, 7) is 2.27. The summed E-state index contributed by atoms with van der Waals surface area (Å²) in [7, 11) is 0. The normalized spacial score (nSPS) is 26.6. The smallest absolute Gasteiger partial charge is 0.226 e. The van der Waals surface area contributed by atoms with Crippen LogP contribution < -0.4 is 5.32 Å². The van der Waals surface area contributed by atoms with Crippen LogP contribution >= 0.6 is 0 Å². The van der Waals surface area contributed by atoms with Crippen LogP contribution in [0.2, 0.25) is 0 Å². The molecule has 1 saturated carbocycles. The Morgan fingerprint density at radius 3 is 3.00 bits per heavy atom. The minimum atomic E-state index is 0.104. The summed E-state index contributed by atoms with van der Waals surface area (Å²) in [5.41, 5.74) is 0. The van der Waals surface area contributed by atoms with Crippen molar-refractivity contribution >= 4 is 0 Å². The van der Waals surface area contributed by atoms with E-state index in [2.05, 4.69) is 15.5 Å². The SMILES string of the molecule is C1CC(Cc2nc(C3COCCN3)no2)C1. The molecule has 88 valence electrons. The van der Waals surface area contributed by atoms with Gasteiger partial charge in [0, 0.05) is 13.0 Å². The fourth-order valence-electron chi connectivity index (χ4n) is 2.17. The van der Waals surface area contributed by atoms with E-state index < -0.39 is 0 Å². The van der Waals surface area contributed by atoms with Gasteiger partial charge in [-0.25, -0.2) is 0 Å². The Bertz CT molecular complexity index is 343. The van der Waals surface area contributed by atoms with E-state index in [0.717, 1.165) is 37.2 Å². The first kappa shape index (κ1) is 10.2. The quantitative estimate of drug-likeness (QED) is 0.830. The Labute approximate surface area is 94.6 Å². The van der Waals surface area contributed by atoms with Crippen molar-refractivity contribution in [3.63, 3.8) is 0 Å². The molecule has 0 bridgehead atoms. The fraction of sp³-hybridized carbons (Fsp3) is 0.818. The molecule has 3 rings (SSSR count). The fourth-order valence-corrected chi connectivity index (χ4v) is 2.17. The van der Waals surface area contributed by atoms with Crippen molar-refractivity contribution in [2.45, 2.75) is 31.7 Å². The highest BCUT2D eigenvalue weighted by atomic mass is 16.5. The number of ether oxygens (including phenoxy) is 1. The van der Waals surface area contributed by atoms with Crippen molar-refractivity contribution in [2.75, 3.05) is 19.8 Å². The Hall–Kier alpha value is -0.940. The lowest BCUT2D eigenvalue weighted by atomic mass is 9.83. The molecule has 0 aromatic carbocycles. The first-order chi connectivity index (χ1) is 7.92. The van der Waals surface area contributed by atoms with E-state index in [1.807, 2.05) is 0 Å². The Balaban J connectivity index is 1.61. The molecule has 2 fully saturated rings. The molecule has 5 heteroatoms. The molecule has 2 aliphatic rings. The van der Waals surface area contributed by atoms with Crippen LogP contribution in [0, 0.1) is 5.92 Å². The minimum Gasteiger partial charge on any atom is -0.378 e. The van der Waals surface area contributed by atoms with Crippen molar-refractivity contribution in [3.05, 3.63) is 11.7 Å². The van der Waals surface area contributed by atoms with Gasteiger partial charge in [0.25, 0.3) is 0 Å². The molecule has 1 aliphatic carbocycles. The predicted octanol–water partition coefficient (Wildman–Crippen LogP) is 1.07. The van der Waals surface area contributed by atoms with Crippen molar-refractivity contribution in [2.24, 2.45) is 5.92 Å². The number of hydrogen-bond donors (Lipinski definition) is 1. The van der Waals surface area contributed by atoms with E-state index in [1.54, 1.807) is 0 Å². The maximum absolute atomic E-state index is 5.38. The molecular weight excluding hydrogens is 206 g/mol. The van der Waals surface area contributed by atoms with E-state index in [9.17, 15) is 0 Å². The Kier molecular flexibility index (Phi) is 2.88. The second kappa shape index (κ2) is 4.51. The van der Waals surface area contributed by atoms with E-state index in [1.165, 1.54) is 19.3 Å². The lowest BCUT2D eigenvalue weighted by Gasteiger charge is -2.23. The highest BCUT2D eigenvalue weighted by molar-refractivity contribution is 4.96. The van der Waals surface area contributed by atoms with Gasteiger partial charge in [0.2, 0.25) is 5.89 Å². The van der Waals surface area contributed by atoms with Gasteiger partial charge in [0.1, 0.15) is 0 Å². The molecule has 1 aromatic heterocycles. The molecule has 5 nitrogen and oxygen atoms in total. The second-order valence-electron chi connectivity index (χ2n) is 4.63.